The van der Waals surface area contributed by atoms with Crippen molar-refractivity contribution in [3.05, 3.63) is 16.4 Å². The minimum absolute atomic E-state index is 0.258. The van der Waals surface area contributed by atoms with Crippen molar-refractivity contribution < 1.29 is 0 Å². The van der Waals surface area contributed by atoms with Crippen molar-refractivity contribution >= 4 is 11.6 Å². The molecule has 4 nitrogen and oxygen atoms in total. The number of nitrogens with zero attached hydrogens (tertiary/aromatic N) is 2. The molecule has 0 spiro atoms. The first kappa shape index (κ1) is 18.5. The molecule has 3 N–H and O–H groups in total. The Morgan fingerprint density at radius 1 is 1.19 bits per heavy atom. The maximum absolute atomic E-state index is 6.52. The van der Waals surface area contributed by atoms with Crippen LogP contribution in [-0.2, 0) is 19.4 Å². The minimum Gasteiger partial charge on any atom is -0.271 e. The van der Waals surface area contributed by atoms with E-state index in [1.54, 1.807) is 0 Å². The van der Waals surface area contributed by atoms with Crippen LogP contribution >= 0.6 is 11.6 Å². The molecule has 1 atom stereocenters. The van der Waals surface area contributed by atoms with Crippen LogP contribution in [-0.4, -0.2) is 15.8 Å². The Balaban J connectivity index is 2.96. The number of aromatic nitrogens is 2. The van der Waals surface area contributed by atoms with E-state index in [4.69, 9.17) is 17.4 Å². The molecule has 1 aromatic heterocycles. The summed E-state index contributed by atoms with van der Waals surface area (Å²) in [7, 11) is 0. The highest BCUT2D eigenvalue weighted by atomic mass is 35.5. The van der Waals surface area contributed by atoms with Crippen LogP contribution in [0.1, 0.15) is 64.8 Å². The highest BCUT2D eigenvalue weighted by Gasteiger charge is 2.23. The highest BCUT2D eigenvalue weighted by molar-refractivity contribution is 6.31. The highest BCUT2D eigenvalue weighted by Crippen LogP contribution is 2.26. The third-order valence-corrected chi connectivity index (χ3v) is 4.65. The fourth-order valence-corrected chi connectivity index (χ4v) is 3.42. The summed E-state index contributed by atoms with van der Waals surface area (Å²) in [5.74, 6) is 6.43. The number of halogens is 1. The summed E-state index contributed by atoms with van der Waals surface area (Å²) in [6.07, 6.45) is 6.48. The van der Waals surface area contributed by atoms with E-state index < -0.39 is 0 Å². The van der Waals surface area contributed by atoms with Crippen molar-refractivity contribution in [3.8, 4) is 0 Å². The fourth-order valence-electron chi connectivity index (χ4n) is 3.07. The predicted octanol–water partition coefficient (Wildman–Crippen LogP) is 3.71. The number of rotatable bonds is 10. The standard InChI is InChI=1S/C16H31ClN4/c1-5-9-12(10-6-2)14(19-18)11-15-16(17)13(7-3)20-21(15)8-4/h12,14,19H,5-11,18H2,1-4H3. The molecule has 122 valence electrons. The lowest BCUT2D eigenvalue weighted by Gasteiger charge is -2.26. The largest absolute Gasteiger partial charge is 0.271 e. The van der Waals surface area contributed by atoms with Crippen molar-refractivity contribution in [1.29, 1.82) is 0 Å². The third-order valence-electron chi connectivity index (χ3n) is 4.21. The van der Waals surface area contributed by atoms with Gasteiger partial charge in [0.1, 0.15) is 0 Å². The normalized spacial score (nSPS) is 13.1. The zero-order valence-electron chi connectivity index (χ0n) is 14.0. The van der Waals surface area contributed by atoms with Crippen LogP contribution in [0.15, 0.2) is 0 Å². The van der Waals surface area contributed by atoms with Crippen molar-refractivity contribution in [3.63, 3.8) is 0 Å². The lowest BCUT2D eigenvalue weighted by molar-refractivity contribution is 0.307. The van der Waals surface area contributed by atoms with Crippen LogP contribution in [0.3, 0.4) is 0 Å². The average molecular weight is 315 g/mol. The molecule has 5 heteroatoms. The maximum atomic E-state index is 6.52. The smallest absolute Gasteiger partial charge is 0.0850 e. The topological polar surface area (TPSA) is 55.9 Å². The fraction of sp³-hybridized carbons (Fsp3) is 0.812. The second kappa shape index (κ2) is 9.44. The van der Waals surface area contributed by atoms with Crippen LogP contribution < -0.4 is 11.3 Å². The van der Waals surface area contributed by atoms with Gasteiger partial charge in [-0.05, 0) is 32.1 Å². The maximum Gasteiger partial charge on any atom is 0.0850 e. The van der Waals surface area contributed by atoms with E-state index in [1.807, 2.05) is 4.68 Å². The number of nitrogens with two attached hydrogens (primary N) is 1. The molecule has 1 unspecified atom stereocenters. The molecule has 0 bridgehead atoms. The van der Waals surface area contributed by atoms with E-state index in [0.29, 0.717) is 5.92 Å². The van der Waals surface area contributed by atoms with E-state index in [1.165, 1.54) is 25.7 Å². The molecule has 1 rings (SSSR count). The molecule has 0 aliphatic carbocycles. The van der Waals surface area contributed by atoms with Crippen LogP contribution in [0.4, 0.5) is 0 Å². The quantitative estimate of drug-likeness (QED) is 0.511. The Morgan fingerprint density at radius 2 is 1.81 bits per heavy atom. The Hall–Kier alpha value is -0.580. The second-order valence-corrected chi connectivity index (χ2v) is 6.07. The third kappa shape index (κ3) is 4.70. The van der Waals surface area contributed by atoms with Gasteiger partial charge in [0.05, 0.1) is 16.4 Å². The van der Waals surface area contributed by atoms with Gasteiger partial charge in [0.2, 0.25) is 0 Å². The van der Waals surface area contributed by atoms with Crippen molar-refractivity contribution in [2.45, 2.75) is 78.8 Å². The van der Waals surface area contributed by atoms with E-state index in [2.05, 4.69) is 38.2 Å². The summed E-state index contributed by atoms with van der Waals surface area (Å²) in [5.41, 5.74) is 5.14. The first-order valence-electron chi connectivity index (χ1n) is 8.32. The Kier molecular flexibility index (Phi) is 8.30. The van der Waals surface area contributed by atoms with Gasteiger partial charge < -0.3 is 0 Å². The predicted molar refractivity (Wildman–Crippen MR) is 90.4 cm³/mol. The Bertz CT molecular complexity index is 411. The molecule has 0 fully saturated rings. The molecule has 0 saturated carbocycles. The number of aryl methyl sites for hydroxylation is 2. The number of hydrogen-bond donors (Lipinski definition) is 2. The van der Waals surface area contributed by atoms with Gasteiger partial charge in [-0.1, -0.05) is 45.2 Å². The Labute approximate surface area is 134 Å². The monoisotopic (exact) mass is 314 g/mol. The molecule has 21 heavy (non-hydrogen) atoms. The summed E-state index contributed by atoms with van der Waals surface area (Å²) in [5, 5.41) is 5.43. The van der Waals surface area contributed by atoms with Crippen LogP contribution in [0.5, 0.6) is 0 Å². The van der Waals surface area contributed by atoms with E-state index >= 15 is 0 Å². The lowest BCUT2D eigenvalue weighted by Crippen LogP contribution is -2.43. The molecule has 0 aliphatic heterocycles. The molecule has 0 amide bonds. The molecule has 0 aliphatic rings. The molecule has 1 heterocycles. The van der Waals surface area contributed by atoms with Gasteiger partial charge in [-0.15, -0.1) is 0 Å². The van der Waals surface area contributed by atoms with Crippen molar-refractivity contribution in [2.75, 3.05) is 0 Å². The van der Waals surface area contributed by atoms with Crippen molar-refractivity contribution in [1.82, 2.24) is 15.2 Å². The van der Waals surface area contributed by atoms with Gasteiger partial charge in [-0.3, -0.25) is 16.0 Å². The number of hydrogen-bond acceptors (Lipinski definition) is 3. The van der Waals surface area contributed by atoms with Gasteiger partial charge in [0, 0.05) is 19.0 Å². The zero-order valence-corrected chi connectivity index (χ0v) is 14.7. The molecule has 0 aromatic carbocycles. The minimum atomic E-state index is 0.258. The van der Waals surface area contributed by atoms with E-state index in [9.17, 15) is 0 Å². The molecular weight excluding hydrogens is 284 g/mol. The summed E-state index contributed by atoms with van der Waals surface area (Å²) in [6, 6.07) is 0.258. The number of hydrazine groups is 1. The average Bonchev–Trinajstić information content (AvgIpc) is 2.80. The first-order chi connectivity index (χ1) is 10.1. The zero-order chi connectivity index (χ0) is 15.8. The van der Waals surface area contributed by atoms with Crippen LogP contribution in [0.2, 0.25) is 5.02 Å². The summed E-state index contributed by atoms with van der Waals surface area (Å²) in [6.45, 7) is 9.50. The molecule has 0 radical (unpaired) electrons. The van der Waals surface area contributed by atoms with E-state index in [-0.39, 0.29) is 6.04 Å². The van der Waals surface area contributed by atoms with Crippen molar-refractivity contribution in [2.24, 2.45) is 11.8 Å². The summed E-state index contributed by atoms with van der Waals surface area (Å²) in [4.78, 5) is 0. The first-order valence-corrected chi connectivity index (χ1v) is 8.70. The summed E-state index contributed by atoms with van der Waals surface area (Å²) >= 11 is 6.52. The van der Waals surface area contributed by atoms with Gasteiger partial charge in [0.25, 0.3) is 0 Å². The van der Waals surface area contributed by atoms with Gasteiger partial charge in [-0.25, -0.2) is 0 Å². The van der Waals surface area contributed by atoms with Gasteiger partial charge in [-0.2, -0.15) is 5.10 Å². The van der Waals surface area contributed by atoms with Crippen LogP contribution in [0.25, 0.3) is 0 Å². The molecule has 1 aromatic rings. The summed E-state index contributed by atoms with van der Waals surface area (Å²) < 4.78 is 2.03. The lowest BCUT2D eigenvalue weighted by atomic mass is 9.88. The SMILES string of the molecule is CCCC(CCC)C(Cc1c(Cl)c(CC)nn1CC)NN. The second-order valence-electron chi connectivity index (χ2n) is 5.69. The Morgan fingerprint density at radius 3 is 2.24 bits per heavy atom. The molecule has 0 saturated heterocycles. The van der Waals surface area contributed by atoms with Gasteiger partial charge in [0.15, 0.2) is 0 Å². The van der Waals surface area contributed by atoms with Gasteiger partial charge >= 0.3 is 0 Å². The molecular formula is C16H31ClN4. The van der Waals surface area contributed by atoms with Crippen LogP contribution in [0, 0.1) is 5.92 Å². The van der Waals surface area contributed by atoms with E-state index in [0.717, 1.165) is 35.8 Å². The number of nitrogens with one attached hydrogen (secondary N) is 1.